The Morgan fingerprint density at radius 1 is 1.38 bits per heavy atom. The molecule has 4 heterocycles. The second kappa shape index (κ2) is 6.81. The number of hydrogen-bond donors (Lipinski definition) is 1. The number of carbonyl (C=O) groups excluding carboxylic acids is 1. The van der Waals surface area contributed by atoms with E-state index >= 15 is 0 Å². The lowest BCUT2D eigenvalue weighted by atomic mass is 9.84. The molecular weight excluding hydrogens is 348 g/mol. The molecule has 3 aliphatic heterocycles. The molecule has 132 valence electrons. The highest BCUT2D eigenvalue weighted by Crippen LogP contribution is 2.52. The van der Waals surface area contributed by atoms with Gasteiger partial charge in [0.25, 0.3) is 5.91 Å². The first kappa shape index (κ1) is 16.6. The normalized spacial score (nSPS) is 15.9. The Balaban J connectivity index is 1.55. The SMILES string of the molecule is N#Cc1c(N=Cc2ccc(OCC(N)=O)cc2)sc2c1C1CCN2CC1. The van der Waals surface area contributed by atoms with Gasteiger partial charge in [0.15, 0.2) is 6.61 Å². The van der Waals surface area contributed by atoms with Gasteiger partial charge >= 0.3 is 0 Å². The van der Waals surface area contributed by atoms with Crippen LogP contribution in [0.25, 0.3) is 0 Å². The molecule has 2 bridgehead atoms. The third-order valence-corrected chi connectivity index (χ3v) is 5.98. The third-order valence-electron chi connectivity index (χ3n) is 4.80. The standard InChI is InChI=1S/C19H18N4O2S/c20-9-15-17-13-5-7-23(8-6-13)19(17)26-18(15)22-10-12-1-3-14(4-2-12)25-11-16(21)24/h1-4,10,13H,5-8,11H2,(H2,21,24). The number of primary amides is 1. The Bertz CT molecular complexity index is 903. The molecule has 3 aliphatic rings. The number of hydrogen-bond acceptors (Lipinski definition) is 6. The van der Waals surface area contributed by atoms with Gasteiger partial charge in [0.2, 0.25) is 0 Å². The highest BCUT2D eigenvalue weighted by atomic mass is 32.1. The molecule has 2 aromatic rings. The highest BCUT2D eigenvalue weighted by Gasteiger charge is 2.36. The van der Waals surface area contributed by atoms with Crippen molar-refractivity contribution in [3.8, 4) is 11.8 Å². The average molecular weight is 366 g/mol. The van der Waals surface area contributed by atoms with E-state index in [1.807, 2.05) is 12.1 Å². The van der Waals surface area contributed by atoms with Gasteiger partial charge in [-0.2, -0.15) is 5.26 Å². The van der Waals surface area contributed by atoms with Crippen LogP contribution in [0.4, 0.5) is 10.0 Å². The van der Waals surface area contributed by atoms with Crippen LogP contribution in [0, 0.1) is 11.3 Å². The zero-order chi connectivity index (χ0) is 18.1. The summed E-state index contributed by atoms with van der Waals surface area (Å²) in [4.78, 5) is 17.7. The smallest absolute Gasteiger partial charge is 0.255 e. The van der Waals surface area contributed by atoms with Crippen molar-refractivity contribution in [3.05, 3.63) is 41.0 Å². The molecule has 1 aromatic heterocycles. The maximum Gasteiger partial charge on any atom is 0.255 e. The summed E-state index contributed by atoms with van der Waals surface area (Å²) in [6.45, 7) is 2.02. The van der Waals surface area contributed by atoms with Crippen LogP contribution >= 0.6 is 11.3 Å². The van der Waals surface area contributed by atoms with Gasteiger partial charge in [-0.25, -0.2) is 4.99 Å². The summed E-state index contributed by atoms with van der Waals surface area (Å²) in [5.74, 6) is 0.576. The summed E-state index contributed by atoms with van der Waals surface area (Å²) in [6.07, 6.45) is 4.02. The molecule has 0 unspecified atom stereocenters. The Hall–Kier alpha value is -2.85. The number of aliphatic imine (C=N–C) groups is 1. The molecule has 0 saturated carbocycles. The third kappa shape index (κ3) is 3.04. The van der Waals surface area contributed by atoms with Crippen molar-refractivity contribution in [1.82, 2.24) is 0 Å². The second-order valence-electron chi connectivity index (χ2n) is 6.46. The van der Waals surface area contributed by atoms with Gasteiger partial charge in [-0.15, -0.1) is 0 Å². The van der Waals surface area contributed by atoms with E-state index in [1.54, 1.807) is 29.7 Å². The number of anilines is 1. The van der Waals surface area contributed by atoms with Crippen LogP contribution in [0.1, 0.15) is 35.4 Å². The Morgan fingerprint density at radius 3 is 2.77 bits per heavy atom. The first-order chi connectivity index (χ1) is 12.7. The minimum atomic E-state index is -0.508. The zero-order valence-electron chi connectivity index (χ0n) is 14.1. The molecule has 26 heavy (non-hydrogen) atoms. The Morgan fingerprint density at radius 2 is 2.12 bits per heavy atom. The van der Waals surface area contributed by atoms with Crippen molar-refractivity contribution in [2.45, 2.75) is 18.8 Å². The molecule has 1 saturated heterocycles. The maximum atomic E-state index is 10.7. The van der Waals surface area contributed by atoms with E-state index in [1.165, 1.54) is 10.6 Å². The number of carbonyl (C=O) groups is 1. The van der Waals surface area contributed by atoms with Gasteiger partial charge in [-0.05, 0) is 48.6 Å². The predicted octanol–water partition coefficient (Wildman–Crippen LogP) is 2.93. The van der Waals surface area contributed by atoms with E-state index in [-0.39, 0.29) is 6.61 Å². The van der Waals surface area contributed by atoms with Crippen LogP contribution in [0.2, 0.25) is 0 Å². The fraction of sp³-hybridized carbons (Fsp3) is 0.316. The molecule has 1 aromatic carbocycles. The van der Waals surface area contributed by atoms with Crippen molar-refractivity contribution >= 4 is 33.5 Å². The van der Waals surface area contributed by atoms with Gasteiger partial charge < -0.3 is 15.4 Å². The summed E-state index contributed by atoms with van der Waals surface area (Å²) in [7, 11) is 0. The number of benzene rings is 1. The first-order valence-electron chi connectivity index (χ1n) is 8.52. The van der Waals surface area contributed by atoms with E-state index in [0.717, 1.165) is 42.1 Å². The molecule has 1 amide bonds. The minimum absolute atomic E-state index is 0.141. The van der Waals surface area contributed by atoms with E-state index in [9.17, 15) is 10.1 Å². The fourth-order valence-electron chi connectivity index (χ4n) is 3.54. The van der Waals surface area contributed by atoms with Crippen LogP contribution in [0.5, 0.6) is 5.75 Å². The van der Waals surface area contributed by atoms with Crippen molar-refractivity contribution in [3.63, 3.8) is 0 Å². The number of nitrogens with two attached hydrogens (primary N) is 1. The van der Waals surface area contributed by atoms with Crippen molar-refractivity contribution < 1.29 is 9.53 Å². The van der Waals surface area contributed by atoms with Crippen molar-refractivity contribution in [2.24, 2.45) is 10.7 Å². The fourth-order valence-corrected chi connectivity index (χ4v) is 4.78. The minimum Gasteiger partial charge on any atom is -0.484 e. The second-order valence-corrected chi connectivity index (χ2v) is 7.43. The summed E-state index contributed by atoms with van der Waals surface area (Å²) < 4.78 is 5.24. The number of nitrogens with zero attached hydrogens (tertiary/aromatic N) is 3. The number of ether oxygens (including phenoxy) is 1. The number of amides is 1. The van der Waals surface area contributed by atoms with E-state index in [0.29, 0.717) is 11.7 Å². The predicted molar refractivity (Wildman–Crippen MR) is 102 cm³/mol. The molecular formula is C19H18N4O2S. The lowest BCUT2D eigenvalue weighted by Gasteiger charge is -2.39. The highest BCUT2D eigenvalue weighted by molar-refractivity contribution is 7.20. The largest absolute Gasteiger partial charge is 0.484 e. The Labute approximate surface area is 155 Å². The number of fused-ring (bicyclic) bond motifs is 2. The number of piperidine rings is 1. The van der Waals surface area contributed by atoms with Crippen molar-refractivity contribution in [1.29, 1.82) is 5.26 Å². The molecule has 0 aliphatic carbocycles. The summed E-state index contributed by atoms with van der Waals surface area (Å²) in [6, 6.07) is 9.60. The molecule has 0 spiro atoms. The Kier molecular flexibility index (Phi) is 4.35. The summed E-state index contributed by atoms with van der Waals surface area (Å²) in [5, 5.41) is 11.6. The van der Waals surface area contributed by atoms with Gasteiger partial charge in [0.05, 0.1) is 10.6 Å². The van der Waals surface area contributed by atoms with E-state index < -0.39 is 5.91 Å². The number of thiophene rings is 1. The zero-order valence-corrected chi connectivity index (χ0v) is 15.0. The van der Waals surface area contributed by atoms with E-state index in [2.05, 4.69) is 16.0 Å². The maximum absolute atomic E-state index is 10.7. The monoisotopic (exact) mass is 366 g/mol. The van der Waals surface area contributed by atoms with Crippen LogP contribution in [-0.2, 0) is 4.79 Å². The van der Waals surface area contributed by atoms with Gasteiger partial charge in [0.1, 0.15) is 16.8 Å². The molecule has 7 heteroatoms. The topological polar surface area (TPSA) is 91.7 Å². The summed E-state index contributed by atoms with van der Waals surface area (Å²) in [5.41, 5.74) is 7.90. The van der Waals surface area contributed by atoms with Crippen LogP contribution in [0.15, 0.2) is 29.3 Å². The lowest BCUT2D eigenvalue weighted by molar-refractivity contribution is -0.119. The molecule has 5 rings (SSSR count). The quantitative estimate of drug-likeness (QED) is 0.824. The van der Waals surface area contributed by atoms with E-state index in [4.69, 9.17) is 10.5 Å². The number of rotatable bonds is 5. The molecule has 2 N–H and O–H groups in total. The molecule has 1 fully saturated rings. The molecule has 6 nitrogen and oxygen atoms in total. The summed E-state index contributed by atoms with van der Waals surface area (Å²) >= 11 is 1.61. The first-order valence-corrected chi connectivity index (χ1v) is 9.34. The molecule has 0 atom stereocenters. The van der Waals surface area contributed by atoms with Crippen LogP contribution < -0.4 is 15.4 Å². The van der Waals surface area contributed by atoms with Gasteiger partial charge in [-0.1, -0.05) is 11.3 Å². The van der Waals surface area contributed by atoms with Gasteiger partial charge in [-0.3, -0.25) is 4.79 Å². The molecule has 0 radical (unpaired) electrons. The van der Waals surface area contributed by atoms with Crippen LogP contribution in [-0.4, -0.2) is 31.8 Å². The van der Waals surface area contributed by atoms with Crippen LogP contribution in [0.3, 0.4) is 0 Å². The lowest BCUT2D eigenvalue weighted by Crippen LogP contribution is -2.37. The average Bonchev–Trinajstić information content (AvgIpc) is 3.07. The number of nitriles is 1. The van der Waals surface area contributed by atoms with Crippen molar-refractivity contribution in [2.75, 3.05) is 24.6 Å². The van der Waals surface area contributed by atoms with Gasteiger partial charge in [0, 0.05) is 24.9 Å².